The van der Waals surface area contributed by atoms with Crippen LogP contribution in [0.3, 0.4) is 0 Å². The molecule has 0 heteroatoms. The van der Waals surface area contributed by atoms with Crippen LogP contribution in [0.5, 0.6) is 0 Å². The first kappa shape index (κ1) is 11.5. The molecule has 4 unspecified atom stereocenters. The zero-order chi connectivity index (χ0) is 11.4. The van der Waals surface area contributed by atoms with E-state index in [2.05, 4.69) is 41.5 Å². The van der Waals surface area contributed by atoms with Crippen molar-refractivity contribution in [2.24, 2.45) is 34.5 Å². The Morgan fingerprint density at radius 2 is 0.933 bits per heavy atom. The molecular formula is C15H28. The summed E-state index contributed by atoms with van der Waals surface area (Å²) in [7, 11) is 0. The van der Waals surface area contributed by atoms with Gasteiger partial charge in [-0.25, -0.2) is 0 Å². The third-order valence-electron chi connectivity index (χ3n) is 5.08. The van der Waals surface area contributed by atoms with Crippen molar-refractivity contribution >= 4 is 0 Å². The fourth-order valence-electron chi connectivity index (χ4n) is 4.40. The second-order valence-electron chi connectivity index (χ2n) is 8.17. The van der Waals surface area contributed by atoms with Crippen LogP contribution in [-0.2, 0) is 0 Å². The smallest absolute Gasteiger partial charge is 0.0334 e. The summed E-state index contributed by atoms with van der Waals surface area (Å²) in [6, 6.07) is 0. The minimum atomic E-state index is 0.544. The molecule has 0 aromatic rings. The van der Waals surface area contributed by atoms with Crippen molar-refractivity contribution in [3.8, 4) is 0 Å². The Balaban J connectivity index is 2.07. The van der Waals surface area contributed by atoms with E-state index in [1.54, 1.807) is 0 Å². The van der Waals surface area contributed by atoms with Gasteiger partial charge in [0.15, 0.2) is 0 Å². The largest absolute Gasteiger partial charge is 0.0599 e. The lowest BCUT2D eigenvalue weighted by molar-refractivity contribution is 0.0859. The lowest BCUT2D eigenvalue weighted by Gasteiger charge is -2.41. The van der Waals surface area contributed by atoms with Gasteiger partial charge in [-0.2, -0.15) is 0 Å². The van der Waals surface area contributed by atoms with Crippen LogP contribution in [0.1, 0.15) is 60.8 Å². The van der Waals surface area contributed by atoms with E-state index in [1.807, 2.05) is 0 Å². The summed E-state index contributed by atoms with van der Waals surface area (Å²) in [5.74, 6) is 4.08. The lowest BCUT2D eigenvalue weighted by Crippen LogP contribution is -2.33. The molecule has 0 saturated heterocycles. The highest BCUT2D eigenvalue weighted by Gasteiger charge is 2.51. The molecule has 2 aliphatic carbocycles. The third-order valence-corrected chi connectivity index (χ3v) is 5.08. The fraction of sp³-hybridized carbons (Fsp3) is 1.00. The van der Waals surface area contributed by atoms with Crippen LogP contribution in [0.2, 0.25) is 0 Å². The van der Waals surface area contributed by atoms with Gasteiger partial charge in [-0.15, -0.1) is 0 Å². The summed E-state index contributed by atoms with van der Waals surface area (Å²) in [5.41, 5.74) is 1.09. The van der Waals surface area contributed by atoms with Crippen LogP contribution in [0.25, 0.3) is 0 Å². The molecule has 0 spiro atoms. The van der Waals surface area contributed by atoms with E-state index in [0.717, 1.165) is 23.7 Å². The molecule has 0 heterocycles. The predicted molar refractivity (Wildman–Crippen MR) is 66.7 cm³/mol. The quantitative estimate of drug-likeness (QED) is 0.539. The van der Waals surface area contributed by atoms with Crippen molar-refractivity contribution in [3.63, 3.8) is 0 Å². The minimum absolute atomic E-state index is 0.544. The van der Waals surface area contributed by atoms with E-state index in [1.165, 1.54) is 19.3 Å². The Morgan fingerprint density at radius 1 is 0.600 bits per heavy atom. The molecule has 88 valence electrons. The molecule has 0 nitrogen and oxygen atoms in total. The number of hydrogen-bond donors (Lipinski definition) is 0. The molecule has 0 aliphatic heterocycles. The van der Waals surface area contributed by atoms with Crippen LogP contribution >= 0.6 is 0 Å². The maximum Gasteiger partial charge on any atom is -0.0334 e. The van der Waals surface area contributed by atoms with Gasteiger partial charge in [-0.3, -0.25) is 0 Å². The van der Waals surface area contributed by atoms with Gasteiger partial charge in [0.2, 0.25) is 0 Å². The van der Waals surface area contributed by atoms with Gasteiger partial charge in [0.25, 0.3) is 0 Å². The van der Waals surface area contributed by atoms with E-state index in [0.29, 0.717) is 10.8 Å². The van der Waals surface area contributed by atoms with Crippen molar-refractivity contribution in [2.45, 2.75) is 60.8 Å². The topological polar surface area (TPSA) is 0 Å². The normalized spacial score (nSPS) is 41.2. The molecule has 0 N–H and O–H groups in total. The van der Waals surface area contributed by atoms with E-state index in [-0.39, 0.29) is 0 Å². The highest BCUT2D eigenvalue weighted by molar-refractivity contribution is 5.01. The molecule has 2 aliphatic rings. The first-order valence-electron chi connectivity index (χ1n) is 6.69. The van der Waals surface area contributed by atoms with Gasteiger partial charge >= 0.3 is 0 Å². The molecule has 2 bridgehead atoms. The van der Waals surface area contributed by atoms with Gasteiger partial charge in [0.1, 0.15) is 0 Å². The Hall–Kier alpha value is 0. The van der Waals surface area contributed by atoms with E-state index in [9.17, 15) is 0 Å². The van der Waals surface area contributed by atoms with Crippen molar-refractivity contribution in [1.82, 2.24) is 0 Å². The van der Waals surface area contributed by atoms with E-state index >= 15 is 0 Å². The molecule has 2 rings (SSSR count). The minimum Gasteiger partial charge on any atom is -0.0599 e. The second kappa shape index (κ2) is 3.25. The predicted octanol–water partition coefficient (Wildman–Crippen LogP) is 4.74. The van der Waals surface area contributed by atoms with Crippen LogP contribution in [0.4, 0.5) is 0 Å². The van der Waals surface area contributed by atoms with Crippen molar-refractivity contribution in [2.75, 3.05) is 0 Å². The summed E-state index contributed by atoms with van der Waals surface area (Å²) in [5, 5.41) is 0. The summed E-state index contributed by atoms with van der Waals surface area (Å²) in [6.45, 7) is 14.6. The molecule has 0 aromatic carbocycles. The molecule has 2 saturated carbocycles. The number of hydrogen-bond acceptors (Lipinski definition) is 0. The summed E-state index contributed by atoms with van der Waals surface area (Å²) in [6.07, 6.45) is 4.55. The summed E-state index contributed by atoms with van der Waals surface area (Å²) >= 11 is 0. The highest BCUT2D eigenvalue weighted by Crippen LogP contribution is 2.60. The average molecular weight is 208 g/mol. The fourth-order valence-corrected chi connectivity index (χ4v) is 4.40. The Bertz CT molecular complexity index is 212. The molecule has 0 amide bonds. The molecular weight excluding hydrogens is 180 g/mol. The first-order valence-corrected chi connectivity index (χ1v) is 6.69. The maximum absolute atomic E-state index is 2.43. The lowest BCUT2D eigenvalue weighted by atomic mass is 9.64. The van der Waals surface area contributed by atoms with Gasteiger partial charge in [-0.05, 0) is 53.8 Å². The molecule has 0 radical (unpaired) electrons. The van der Waals surface area contributed by atoms with Crippen LogP contribution < -0.4 is 0 Å². The van der Waals surface area contributed by atoms with Gasteiger partial charge in [0, 0.05) is 0 Å². The van der Waals surface area contributed by atoms with Crippen molar-refractivity contribution in [3.05, 3.63) is 0 Å². The Labute approximate surface area is 95.8 Å². The van der Waals surface area contributed by atoms with Crippen molar-refractivity contribution in [1.29, 1.82) is 0 Å². The van der Waals surface area contributed by atoms with Gasteiger partial charge in [0.05, 0.1) is 0 Å². The highest BCUT2D eigenvalue weighted by atomic mass is 14.6. The maximum atomic E-state index is 2.43. The number of rotatable bonds is 0. The Morgan fingerprint density at radius 3 is 1.13 bits per heavy atom. The van der Waals surface area contributed by atoms with Crippen LogP contribution in [0.15, 0.2) is 0 Å². The zero-order valence-corrected chi connectivity index (χ0v) is 11.4. The number of fused-ring (bicyclic) bond motifs is 2. The third kappa shape index (κ3) is 1.97. The summed E-state index contributed by atoms with van der Waals surface area (Å²) in [4.78, 5) is 0. The SMILES string of the molecule is CC(C)(C)C1CC2CC1CC2C(C)(C)C. The van der Waals surface area contributed by atoms with E-state index in [4.69, 9.17) is 0 Å². The molecule has 4 atom stereocenters. The molecule has 15 heavy (non-hydrogen) atoms. The first-order chi connectivity index (χ1) is 6.69. The van der Waals surface area contributed by atoms with Crippen molar-refractivity contribution < 1.29 is 0 Å². The molecule has 0 aromatic heterocycles. The van der Waals surface area contributed by atoms with Crippen LogP contribution in [-0.4, -0.2) is 0 Å². The Kier molecular flexibility index (Phi) is 2.48. The standard InChI is InChI=1S/C15H28/c1-14(2,3)12-8-11-7-10(12)9-13(11)15(4,5)6/h10-13H,7-9H2,1-6H3. The van der Waals surface area contributed by atoms with Crippen LogP contribution in [0, 0.1) is 34.5 Å². The summed E-state index contributed by atoms with van der Waals surface area (Å²) < 4.78 is 0. The monoisotopic (exact) mass is 208 g/mol. The van der Waals surface area contributed by atoms with Gasteiger partial charge in [-0.1, -0.05) is 41.5 Å². The van der Waals surface area contributed by atoms with Gasteiger partial charge < -0.3 is 0 Å². The van der Waals surface area contributed by atoms with E-state index < -0.39 is 0 Å². The second-order valence-corrected chi connectivity index (χ2v) is 8.17. The average Bonchev–Trinajstić information content (AvgIpc) is 2.57. The zero-order valence-electron chi connectivity index (χ0n) is 11.4. The molecule has 2 fully saturated rings.